The van der Waals surface area contributed by atoms with Crippen LogP contribution in [0.4, 0.5) is 11.5 Å². The number of methoxy groups -OCH3 is 3. The van der Waals surface area contributed by atoms with E-state index >= 15 is 0 Å². The van der Waals surface area contributed by atoms with E-state index < -0.39 is 6.04 Å². The molecular weight excluding hydrogens is 468 g/mol. The highest BCUT2D eigenvalue weighted by molar-refractivity contribution is 6.04. The fourth-order valence-electron chi connectivity index (χ4n) is 4.36. The Morgan fingerprint density at radius 2 is 1.86 bits per heavy atom. The van der Waals surface area contributed by atoms with Gasteiger partial charge in [0.2, 0.25) is 5.91 Å². The third kappa shape index (κ3) is 4.29. The molecule has 2 amide bonds. The molecule has 0 saturated heterocycles. The van der Waals surface area contributed by atoms with E-state index in [1.807, 2.05) is 12.1 Å². The van der Waals surface area contributed by atoms with E-state index in [0.29, 0.717) is 59.0 Å². The van der Waals surface area contributed by atoms with Gasteiger partial charge in [0.25, 0.3) is 5.91 Å². The second-order valence-electron chi connectivity index (χ2n) is 8.23. The number of aromatic nitrogens is 2. The summed E-state index contributed by atoms with van der Waals surface area (Å²) in [6.45, 7) is 1.15. The zero-order chi connectivity index (χ0) is 25.2. The summed E-state index contributed by atoms with van der Waals surface area (Å²) in [4.78, 5) is 25.8. The van der Waals surface area contributed by atoms with Crippen LogP contribution < -0.4 is 29.6 Å². The van der Waals surface area contributed by atoms with Gasteiger partial charge in [-0.2, -0.15) is 5.10 Å². The van der Waals surface area contributed by atoms with Crippen LogP contribution in [0.25, 0.3) is 11.1 Å². The number of amides is 2. The Balaban J connectivity index is 1.41. The third-order valence-corrected chi connectivity index (χ3v) is 5.98. The van der Waals surface area contributed by atoms with Gasteiger partial charge in [-0.15, -0.1) is 0 Å². The lowest BCUT2D eigenvalue weighted by Gasteiger charge is -2.19. The molecule has 1 aromatic heterocycles. The van der Waals surface area contributed by atoms with Gasteiger partial charge < -0.3 is 34.3 Å². The van der Waals surface area contributed by atoms with E-state index in [1.165, 1.54) is 0 Å². The molecule has 2 aliphatic rings. The molecular formula is C25H26N4O7. The zero-order valence-electron chi connectivity index (χ0n) is 20.1. The molecule has 0 radical (unpaired) electrons. The topological polar surface area (TPSA) is 122 Å². The first kappa shape index (κ1) is 23.5. The number of anilines is 2. The Morgan fingerprint density at radius 1 is 1.08 bits per heavy atom. The van der Waals surface area contributed by atoms with Crippen molar-refractivity contribution < 1.29 is 33.3 Å². The quantitative estimate of drug-likeness (QED) is 0.490. The van der Waals surface area contributed by atoms with Crippen molar-refractivity contribution in [3.05, 3.63) is 42.1 Å². The van der Waals surface area contributed by atoms with Gasteiger partial charge in [0, 0.05) is 18.9 Å². The molecule has 1 unspecified atom stereocenters. The third-order valence-electron chi connectivity index (χ3n) is 5.98. The van der Waals surface area contributed by atoms with E-state index in [0.717, 1.165) is 5.56 Å². The number of hydrogen-bond donors (Lipinski definition) is 2. The van der Waals surface area contributed by atoms with E-state index in [1.54, 1.807) is 50.3 Å². The predicted molar refractivity (Wildman–Crippen MR) is 130 cm³/mol. The molecule has 1 atom stereocenters. The fourth-order valence-corrected chi connectivity index (χ4v) is 4.36. The maximum atomic E-state index is 12.9. The molecule has 3 aromatic rings. The molecule has 2 aliphatic heterocycles. The number of nitrogens with zero attached hydrogens (tertiary/aromatic N) is 2. The van der Waals surface area contributed by atoms with Gasteiger partial charge in [-0.25, -0.2) is 4.68 Å². The van der Waals surface area contributed by atoms with Gasteiger partial charge in [-0.05, 0) is 29.8 Å². The van der Waals surface area contributed by atoms with Gasteiger partial charge in [-0.3, -0.25) is 9.59 Å². The van der Waals surface area contributed by atoms with Crippen LogP contribution in [0, 0.1) is 0 Å². The lowest BCUT2D eigenvalue weighted by Crippen LogP contribution is -2.24. The number of rotatable bonds is 8. The van der Waals surface area contributed by atoms with E-state index in [9.17, 15) is 9.59 Å². The Bertz CT molecular complexity index is 1320. The van der Waals surface area contributed by atoms with Crippen molar-refractivity contribution >= 4 is 23.3 Å². The van der Waals surface area contributed by atoms with Gasteiger partial charge in [0.05, 0.1) is 38.5 Å². The molecule has 0 fully saturated rings. The number of hydrogen-bond acceptors (Lipinski definition) is 8. The van der Waals surface area contributed by atoms with Crippen LogP contribution in [-0.4, -0.2) is 56.1 Å². The molecule has 0 saturated carbocycles. The highest BCUT2D eigenvalue weighted by Gasteiger charge is 2.37. The molecule has 0 spiro atoms. The first-order chi connectivity index (χ1) is 17.5. The maximum absolute atomic E-state index is 12.9. The average Bonchev–Trinajstić information content (AvgIpc) is 3.38. The molecule has 0 bridgehead atoms. The van der Waals surface area contributed by atoms with Crippen molar-refractivity contribution in [3.63, 3.8) is 0 Å². The smallest absolute Gasteiger partial charge is 0.251 e. The van der Waals surface area contributed by atoms with Gasteiger partial charge >= 0.3 is 0 Å². The predicted octanol–water partition coefficient (Wildman–Crippen LogP) is 3.01. The first-order valence-corrected chi connectivity index (χ1v) is 11.4. The van der Waals surface area contributed by atoms with Crippen LogP contribution in [0.5, 0.6) is 23.0 Å². The van der Waals surface area contributed by atoms with Crippen molar-refractivity contribution in [1.29, 1.82) is 0 Å². The highest BCUT2D eigenvalue weighted by Crippen LogP contribution is 2.41. The van der Waals surface area contributed by atoms with E-state index in [-0.39, 0.29) is 24.8 Å². The van der Waals surface area contributed by atoms with Crippen LogP contribution in [0.2, 0.25) is 0 Å². The number of carbonyl (C=O) groups is 2. The number of carbonyl (C=O) groups excluding carboxylic acids is 2. The minimum atomic E-state index is -0.818. The normalized spacial score (nSPS) is 15.8. The van der Waals surface area contributed by atoms with Crippen molar-refractivity contribution in [2.45, 2.75) is 19.1 Å². The SMILES string of the molecule is COCc1nn2c(c1-c1ccc(OC)c(OC)c1)NC(=O)C2CC(=O)Nc1ccc2c(c1)OCCO2. The molecule has 2 aromatic carbocycles. The molecule has 3 heterocycles. The van der Waals surface area contributed by atoms with Crippen molar-refractivity contribution in [2.75, 3.05) is 45.2 Å². The minimum absolute atomic E-state index is 0.104. The monoisotopic (exact) mass is 494 g/mol. The van der Waals surface area contributed by atoms with Gasteiger partial charge in [-0.1, -0.05) is 6.07 Å². The fraction of sp³-hybridized carbons (Fsp3) is 0.320. The summed E-state index contributed by atoms with van der Waals surface area (Å²) >= 11 is 0. The van der Waals surface area contributed by atoms with Crippen LogP contribution in [0.15, 0.2) is 36.4 Å². The van der Waals surface area contributed by atoms with Crippen LogP contribution >= 0.6 is 0 Å². The van der Waals surface area contributed by atoms with Gasteiger partial charge in [0.15, 0.2) is 23.0 Å². The number of fused-ring (bicyclic) bond motifs is 2. The summed E-state index contributed by atoms with van der Waals surface area (Å²) in [5, 5.41) is 10.3. The van der Waals surface area contributed by atoms with Crippen molar-refractivity contribution in [2.24, 2.45) is 0 Å². The molecule has 0 aliphatic carbocycles. The molecule has 11 nitrogen and oxygen atoms in total. The number of nitrogens with one attached hydrogen (secondary N) is 2. The Hall–Kier alpha value is -4.25. The molecule has 11 heteroatoms. The summed E-state index contributed by atoms with van der Waals surface area (Å²) in [6, 6.07) is 9.80. The Labute approximate surface area is 207 Å². The maximum Gasteiger partial charge on any atom is 0.251 e. The highest BCUT2D eigenvalue weighted by atomic mass is 16.6. The van der Waals surface area contributed by atoms with Crippen LogP contribution in [0.3, 0.4) is 0 Å². The largest absolute Gasteiger partial charge is 0.493 e. The lowest BCUT2D eigenvalue weighted by molar-refractivity contribution is -0.123. The zero-order valence-corrected chi connectivity index (χ0v) is 20.1. The van der Waals surface area contributed by atoms with Crippen LogP contribution in [-0.2, 0) is 20.9 Å². The first-order valence-electron chi connectivity index (χ1n) is 11.4. The molecule has 36 heavy (non-hydrogen) atoms. The van der Waals surface area contributed by atoms with Gasteiger partial charge in [0.1, 0.15) is 25.1 Å². The minimum Gasteiger partial charge on any atom is -0.493 e. The molecule has 5 rings (SSSR count). The number of ether oxygens (including phenoxy) is 5. The summed E-state index contributed by atoms with van der Waals surface area (Å²) in [5.74, 6) is 2.15. The molecule has 2 N–H and O–H groups in total. The summed E-state index contributed by atoms with van der Waals surface area (Å²) < 4.78 is 28.8. The standard InChI is InChI=1S/C25H26N4O7/c1-32-13-16-23(14-4-6-18(33-2)20(10-14)34-3)24-27-25(31)17(29(24)28-16)12-22(30)26-15-5-7-19-21(11-15)36-9-8-35-19/h4-7,10-11,17H,8-9,12-13H2,1-3H3,(H,26,30)(H,27,31). The number of benzene rings is 2. The van der Waals surface area contributed by atoms with Crippen molar-refractivity contribution in [1.82, 2.24) is 9.78 Å². The lowest BCUT2D eigenvalue weighted by atomic mass is 10.0. The second-order valence-corrected chi connectivity index (χ2v) is 8.23. The summed E-state index contributed by atoms with van der Waals surface area (Å²) in [5.41, 5.74) is 2.63. The second kappa shape index (κ2) is 9.78. The average molecular weight is 495 g/mol. The van der Waals surface area contributed by atoms with Crippen LogP contribution in [0.1, 0.15) is 18.2 Å². The Morgan fingerprint density at radius 3 is 2.61 bits per heavy atom. The Kier molecular flexibility index (Phi) is 6.38. The van der Waals surface area contributed by atoms with Crippen molar-refractivity contribution in [3.8, 4) is 34.1 Å². The molecule has 188 valence electrons. The summed E-state index contributed by atoms with van der Waals surface area (Å²) in [6.07, 6.45) is -0.104. The summed E-state index contributed by atoms with van der Waals surface area (Å²) in [7, 11) is 4.68. The van der Waals surface area contributed by atoms with E-state index in [4.69, 9.17) is 23.7 Å². The van der Waals surface area contributed by atoms with E-state index in [2.05, 4.69) is 15.7 Å².